The van der Waals surface area contributed by atoms with E-state index in [-0.39, 0.29) is 5.60 Å². The lowest BCUT2D eigenvalue weighted by atomic mass is 9.75. The fraction of sp³-hybridized carbons (Fsp3) is 0.600. The molecule has 3 rings (SSSR count). The number of rotatable bonds is 1. The van der Waals surface area contributed by atoms with E-state index in [1.54, 1.807) is 0 Å². The first-order chi connectivity index (χ1) is 5.11. The maximum absolute atomic E-state index is 5.69. The molecular weight excluding hydrogens is 136 g/mol. The van der Waals surface area contributed by atoms with E-state index in [0.717, 1.165) is 0 Å². The van der Waals surface area contributed by atoms with E-state index in [4.69, 9.17) is 4.74 Å². The highest BCUT2D eigenvalue weighted by molar-refractivity contribution is 5.23. The molecule has 0 N–H and O–H groups in total. The Labute approximate surface area is 67.7 Å². The average molecular weight is 150 g/mol. The maximum Gasteiger partial charge on any atom is 0.0863 e. The molecule has 3 aliphatic rings. The Balaban J connectivity index is 2.19. The highest BCUT2D eigenvalue weighted by atomic mass is 16.5. The van der Waals surface area contributed by atoms with Crippen LogP contribution in [0.25, 0.3) is 0 Å². The number of ether oxygens (including phenoxy) is 1. The molecular formula is C10H14O. The second kappa shape index (κ2) is 1.98. The first-order valence-corrected chi connectivity index (χ1v) is 4.13. The van der Waals surface area contributed by atoms with Gasteiger partial charge >= 0.3 is 0 Å². The highest BCUT2D eigenvalue weighted by Gasteiger charge is 2.46. The summed E-state index contributed by atoms with van der Waals surface area (Å²) in [5, 5.41) is 0. The van der Waals surface area contributed by atoms with Crippen molar-refractivity contribution in [3.63, 3.8) is 0 Å². The van der Waals surface area contributed by atoms with Gasteiger partial charge in [-0.15, -0.1) is 0 Å². The maximum atomic E-state index is 5.69. The quantitative estimate of drug-likeness (QED) is 0.521. The van der Waals surface area contributed by atoms with Crippen LogP contribution >= 0.6 is 0 Å². The molecule has 2 bridgehead atoms. The smallest absolute Gasteiger partial charge is 0.0863 e. The molecule has 3 atom stereocenters. The first-order valence-electron chi connectivity index (χ1n) is 4.13. The average Bonchev–Trinajstić information content (AvgIpc) is 1.85. The second-order valence-corrected chi connectivity index (χ2v) is 3.90. The van der Waals surface area contributed by atoms with Crippen molar-refractivity contribution in [3.8, 4) is 0 Å². The third kappa shape index (κ3) is 0.951. The van der Waals surface area contributed by atoms with E-state index in [0.29, 0.717) is 12.0 Å². The van der Waals surface area contributed by atoms with Gasteiger partial charge in [0, 0.05) is 12.3 Å². The van der Waals surface area contributed by atoms with Gasteiger partial charge in [0.25, 0.3) is 0 Å². The summed E-state index contributed by atoms with van der Waals surface area (Å²) in [5.41, 5.74) is 1.28. The van der Waals surface area contributed by atoms with E-state index < -0.39 is 0 Å². The molecule has 11 heavy (non-hydrogen) atoms. The third-order valence-electron chi connectivity index (χ3n) is 2.65. The first kappa shape index (κ1) is 7.11. The van der Waals surface area contributed by atoms with Gasteiger partial charge in [0.2, 0.25) is 0 Å². The zero-order chi connectivity index (χ0) is 8.06. The largest absolute Gasteiger partial charge is 0.367 e. The Morgan fingerprint density at radius 1 is 1.73 bits per heavy atom. The molecule has 1 fully saturated rings. The molecule has 0 radical (unpaired) electrons. The molecule has 0 aromatic carbocycles. The fourth-order valence-electron chi connectivity index (χ4n) is 1.96. The summed E-state index contributed by atoms with van der Waals surface area (Å²) in [7, 11) is 0. The van der Waals surface area contributed by atoms with Gasteiger partial charge in [-0.3, -0.25) is 0 Å². The standard InChI is InChI=1S/C10H14O/c1-7(2)8-4-5-10(3)6-9(8)11-10/h4-5,8-9H,1,6H2,2-3H3/t8-,9?,10+/m1/s1. The molecule has 60 valence electrons. The lowest BCUT2D eigenvalue weighted by Crippen LogP contribution is -2.53. The molecule has 1 saturated heterocycles. The van der Waals surface area contributed by atoms with E-state index in [2.05, 4.69) is 32.6 Å². The van der Waals surface area contributed by atoms with Crippen molar-refractivity contribution in [2.24, 2.45) is 5.92 Å². The van der Waals surface area contributed by atoms with Gasteiger partial charge in [-0.1, -0.05) is 24.3 Å². The molecule has 1 unspecified atom stereocenters. The molecule has 1 nitrogen and oxygen atoms in total. The Bertz CT molecular complexity index is 221. The van der Waals surface area contributed by atoms with Crippen LogP contribution in [0.5, 0.6) is 0 Å². The van der Waals surface area contributed by atoms with Crippen molar-refractivity contribution in [2.75, 3.05) is 0 Å². The van der Waals surface area contributed by atoms with Crippen LogP contribution in [0.3, 0.4) is 0 Å². The van der Waals surface area contributed by atoms with Crippen molar-refractivity contribution in [2.45, 2.75) is 32.0 Å². The molecule has 0 aromatic rings. The molecule has 1 heteroatoms. The van der Waals surface area contributed by atoms with Crippen molar-refractivity contribution in [3.05, 3.63) is 24.3 Å². The van der Waals surface area contributed by atoms with Crippen molar-refractivity contribution in [1.29, 1.82) is 0 Å². The van der Waals surface area contributed by atoms with Gasteiger partial charge in [0.05, 0.1) is 11.7 Å². The topological polar surface area (TPSA) is 9.23 Å². The predicted octanol–water partition coefficient (Wildman–Crippen LogP) is 2.30. The lowest BCUT2D eigenvalue weighted by molar-refractivity contribution is -0.186. The van der Waals surface area contributed by atoms with E-state index in [9.17, 15) is 0 Å². The lowest BCUT2D eigenvalue weighted by Gasteiger charge is -2.50. The minimum Gasteiger partial charge on any atom is -0.367 e. The Kier molecular flexibility index (Phi) is 1.28. The summed E-state index contributed by atoms with van der Waals surface area (Å²) in [5.74, 6) is 0.469. The SMILES string of the molecule is C=C(C)[C@H]1C=C[C@@]2(C)CC1O2. The molecule has 0 aromatic heterocycles. The minimum atomic E-state index is 0.0661. The van der Waals surface area contributed by atoms with Crippen molar-refractivity contribution in [1.82, 2.24) is 0 Å². The van der Waals surface area contributed by atoms with Gasteiger partial charge in [0.15, 0.2) is 0 Å². The van der Waals surface area contributed by atoms with Crippen LogP contribution < -0.4 is 0 Å². The molecule has 0 saturated carbocycles. The van der Waals surface area contributed by atoms with E-state index in [1.165, 1.54) is 12.0 Å². The normalized spacial score (nSPS) is 46.7. The van der Waals surface area contributed by atoms with Gasteiger partial charge < -0.3 is 4.74 Å². The van der Waals surface area contributed by atoms with Crippen LogP contribution in [-0.2, 0) is 4.74 Å². The Morgan fingerprint density at radius 2 is 2.36 bits per heavy atom. The van der Waals surface area contributed by atoms with Crippen LogP contribution in [0.1, 0.15) is 20.3 Å². The summed E-state index contributed by atoms with van der Waals surface area (Å²) < 4.78 is 5.69. The zero-order valence-corrected chi connectivity index (χ0v) is 7.13. The summed E-state index contributed by atoms with van der Waals surface area (Å²) in [4.78, 5) is 0. The van der Waals surface area contributed by atoms with Crippen molar-refractivity contribution >= 4 is 0 Å². The van der Waals surface area contributed by atoms with Gasteiger partial charge in [0.1, 0.15) is 0 Å². The molecule has 1 aliphatic carbocycles. The van der Waals surface area contributed by atoms with Crippen LogP contribution in [0, 0.1) is 5.92 Å². The van der Waals surface area contributed by atoms with Gasteiger partial charge in [-0.25, -0.2) is 0 Å². The summed E-state index contributed by atoms with van der Waals surface area (Å²) in [6, 6.07) is 0. The highest BCUT2D eigenvalue weighted by Crippen LogP contribution is 2.44. The minimum absolute atomic E-state index is 0.0661. The number of hydrogen-bond donors (Lipinski definition) is 0. The number of hydrogen-bond acceptors (Lipinski definition) is 1. The summed E-state index contributed by atoms with van der Waals surface area (Å²) >= 11 is 0. The monoisotopic (exact) mass is 150 g/mol. The van der Waals surface area contributed by atoms with Gasteiger partial charge in [-0.2, -0.15) is 0 Å². The number of fused-ring (bicyclic) bond motifs is 1. The molecule has 0 amide bonds. The van der Waals surface area contributed by atoms with Crippen LogP contribution in [0.2, 0.25) is 0 Å². The van der Waals surface area contributed by atoms with Crippen LogP contribution in [-0.4, -0.2) is 11.7 Å². The van der Waals surface area contributed by atoms with E-state index in [1.807, 2.05) is 0 Å². The van der Waals surface area contributed by atoms with Crippen LogP contribution in [0.4, 0.5) is 0 Å². The third-order valence-corrected chi connectivity index (χ3v) is 2.65. The molecule has 0 spiro atoms. The Hall–Kier alpha value is -0.560. The summed E-state index contributed by atoms with van der Waals surface area (Å²) in [6.45, 7) is 8.15. The fourth-order valence-corrected chi connectivity index (χ4v) is 1.96. The van der Waals surface area contributed by atoms with Crippen molar-refractivity contribution < 1.29 is 4.74 Å². The van der Waals surface area contributed by atoms with Crippen LogP contribution in [0.15, 0.2) is 24.3 Å². The van der Waals surface area contributed by atoms with Gasteiger partial charge in [-0.05, 0) is 13.8 Å². The second-order valence-electron chi connectivity index (χ2n) is 3.90. The predicted molar refractivity (Wildman–Crippen MR) is 45.3 cm³/mol. The Morgan fingerprint density at radius 3 is 2.73 bits per heavy atom. The molecule has 2 aliphatic heterocycles. The summed E-state index contributed by atoms with van der Waals surface area (Å²) in [6.07, 6.45) is 6.00. The zero-order valence-electron chi connectivity index (χ0n) is 7.13. The van der Waals surface area contributed by atoms with E-state index >= 15 is 0 Å². The molecule has 2 heterocycles.